The lowest BCUT2D eigenvalue weighted by molar-refractivity contribution is -0.204. The standard InChI is InChI=1S/C26H31N7O3/c1-16(2)29-24(34)20-13-28-25(30-19-8-7-17-9-10-27-12-18(17)11-19)33-23(20)32-22-6-4-5-21(31-22)26(35-3)14-36-15-26/h4-8,11,13,16,27H,9-10,12,14-15H2,1-3H3,(H,29,34)(H2,28,30,31,32,33). The second kappa shape index (κ2) is 10.2. The molecule has 10 heteroatoms. The van der Waals surface area contributed by atoms with E-state index in [2.05, 4.69) is 43.4 Å². The summed E-state index contributed by atoms with van der Waals surface area (Å²) < 4.78 is 11.0. The molecule has 1 fully saturated rings. The molecule has 1 amide bonds. The summed E-state index contributed by atoms with van der Waals surface area (Å²) in [7, 11) is 1.65. The molecule has 0 bridgehead atoms. The van der Waals surface area contributed by atoms with Gasteiger partial charge in [-0.25, -0.2) is 9.97 Å². The van der Waals surface area contributed by atoms with Crippen LogP contribution in [0.3, 0.4) is 0 Å². The fourth-order valence-electron chi connectivity index (χ4n) is 4.27. The quantitative estimate of drug-likeness (QED) is 0.378. The molecule has 0 saturated carbocycles. The number of carbonyl (C=O) groups excluding carboxylic acids is 1. The van der Waals surface area contributed by atoms with Crippen LogP contribution in [0.5, 0.6) is 0 Å². The summed E-state index contributed by atoms with van der Waals surface area (Å²) in [4.78, 5) is 26.7. The summed E-state index contributed by atoms with van der Waals surface area (Å²) >= 11 is 0. The smallest absolute Gasteiger partial charge is 0.256 e. The molecule has 0 atom stereocenters. The Kier molecular flexibility index (Phi) is 6.82. The van der Waals surface area contributed by atoms with Crippen molar-refractivity contribution in [1.29, 1.82) is 0 Å². The molecule has 0 radical (unpaired) electrons. The average molecular weight is 490 g/mol. The third-order valence-electron chi connectivity index (χ3n) is 6.33. The van der Waals surface area contributed by atoms with Gasteiger partial charge in [0, 0.05) is 31.6 Å². The highest BCUT2D eigenvalue weighted by Crippen LogP contribution is 2.33. The van der Waals surface area contributed by atoms with Crippen LogP contribution in [-0.4, -0.2) is 53.8 Å². The van der Waals surface area contributed by atoms with Gasteiger partial charge in [-0.05, 0) is 62.2 Å². The van der Waals surface area contributed by atoms with Crippen LogP contribution in [0.4, 0.5) is 23.3 Å². The van der Waals surface area contributed by atoms with Crippen LogP contribution in [0, 0.1) is 0 Å². The lowest BCUT2D eigenvalue weighted by Gasteiger charge is -2.39. The average Bonchev–Trinajstić information content (AvgIpc) is 2.84. The van der Waals surface area contributed by atoms with E-state index in [4.69, 9.17) is 14.5 Å². The molecule has 0 unspecified atom stereocenters. The van der Waals surface area contributed by atoms with Crippen LogP contribution in [0.1, 0.15) is 41.0 Å². The maximum absolute atomic E-state index is 12.9. The SMILES string of the molecule is COC1(c2cccc(Nc3nc(Nc4ccc5c(c4)CNCC5)ncc3C(=O)NC(C)C)n2)COC1. The van der Waals surface area contributed by atoms with Crippen LogP contribution in [-0.2, 0) is 28.0 Å². The first-order valence-electron chi connectivity index (χ1n) is 12.1. The number of pyridine rings is 1. The summed E-state index contributed by atoms with van der Waals surface area (Å²) in [5, 5.41) is 12.8. The molecule has 0 spiro atoms. The zero-order valence-corrected chi connectivity index (χ0v) is 20.7. The topological polar surface area (TPSA) is 122 Å². The Hall–Kier alpha value is -3.60. The zero-order valence-electron chi connectivity index (χ0n) is 20.7. The van der Waals surface area contributed by atoms with Crippen molar-refractivity contribution in [2.75, 3.05) is 37.5 Å². The monoisotopic (exact) mass is 489 g/mol. The molecule has 4 heterocycles. The van der Waals surface area contributed by atoms with E-state index in [1.54, 1.807) is 7.11 Å². The Morgan fingerprint density at radius 3 is 2.75 bits per heavy atom. The van der Waals surface area contributed by atoms with E-state index >= 15 is 0 Å². The van der Waals surface area contributed by atoms with Gasteiger partial charge < -0.3 is 30.7 Å². The van der Waals surface area contributed by atoms with Crippen LogP contribution < -0.4 is 21.3 Å². The van der Waals surface area contributed by atoms with Gasteiger partial charge in [-0.3, -0.25) is 4.79 Å². The van der Waals surface area contributed by atoms with Gasteiger partial charge in [0.05, 0.1) is 18.9 Å². The predicted molar refractivity (Wildman–Crippen MR) is 137 cm³/mol. The maximum Gasteiger partial charge on any atom is 0.256 e. The molecule has 36 heavy (non-hydrogen) atoms. The van der Waals surface area contributed by atoms with Crippen molar-refractivity contribution in [3.63, 3.8) is 0 Å². The van der Waals surface area contributed by atoms with Crippen LogP contribution in [0.25, 0.3) is 0 Å². The van der Waals surface area contributed by atoms with Crippen molar-refractivity contribution in [1.82, 2.24) is 25.6 Å². The summed E-state index contributed by atoms with van der Waals surface area (Å²) in [5.74, 6) is 1.00. The minimum Gasteiger partial charge on any atom is -0.374 e. The number of rotatable bonds is 8. The number of nitrogens with one attached hydrogen (secondary N) is 4. The number of amides is 1. The van der Waals surface area contributed by atoms with Crippen LogP contribution in [0.15, 0.2) is 42.6 Å². The molecule has 4 N–H and O–H groups in total. The molecule has 2 aromatic heterocycles. The van der Waals surface area contributed by atoms with E-state index in [0.29, 0.717) is 36.4 Å². The van der Waals surface area contributed by atoms with E-state index in [1.165, 1.54) is 17.3 Å². The Morgan fingerprint density at radius 2 is 2.00 bits per heavy atom. The minimum atomic E-state index is -0.560. The highest BCUT2D eigenvalue weighted by atomic mass is 16.6. The van der Waals surface area contributed by atoms with Crippen LogP contribution >= 0.6 is 0 Å². The first-order valence-corrected chi connectivity index (χ1v) is 12.1. The van der Waals surface area contributed by atoms with Crippen molar-refractivity contribution >= 4 is 29.2 Å². The second-order valence-corrected chi connectivity index (χ2v) is 9.34. The Labute approximate surface area is 210 Å². The Balaban J connectivity index is 1.44. The third-order valence-corrected chi connectivity index (χ3v) is 6.33. The molecule has 0 aliphatic carbocycles. The molecule has 1 saturated heterocycles. The van der Waals surface area contributed by atoms with Gasteiger partial charge in [-0.2, -0.15) is 4.98 Å². The van der Waals surface area contributed by atoms with E-state index in [9.17, 15) is 4.79 Å². The van der Waals surface area contributed by atoms with Gasteiger partial charge >= 0.3 is 0 Å². The Morgan fingerprint density at radius 1 is 1.14 bits per heavy atom. The molecule has 1 aromatic carbocycles. The molecule has 3 aromatic rings. The number of ether oxygens (including phenoxy) is 2. The number of nitrogens with zero attached hydrogens (tertiary/aromatic N) is 3. The van der Waals surface area contributed by atoms with Crippen molar-refractivity contribution in [3.05, 3.63) is 65.0 Å². The number of methoxy groups -OCH3 is 1. The molecular weight excluding hydrogens is 458 g/mol. The van der Waals surface area contributed by atoms with E-state index in [-0.39, 0.29) is 11.9 Å². The van der Waals surface area contributed by atoms with Crippen molar-refractivity contribution in [3.8, 4) is 0 Å². The number of benzene rings is 1. The predicted octanol–water partition coefficient (Wildman–Crippen LogP) is 3.01. The molecule has 10 nitrogen and oxygen atoms in total. The Bertz CT molecular complexity index is 1250. The molecular formula is C26H31N7O3. The third kappa shape index (κ3) is 5.01. The highest BCUT2D eigenvalue weighted by Gasteiger charge is 2.42. The number of anilines is 4. The first kappa shape index (κ1) is 24.1. The first-order chi connectivity index (χ1) is 17.5. The van der Waals surface area contributed by atoms with E-state index in [1.807, 2.05) is 38.1 Å². The molecule has 2 aliphatic rings. The van der Waals surface area contributed by atoms with Crippen molar-refractivity contribution < 1.29 is 14.3 Å². The van der Waals surface area contributed by atoms with Crippen molar-refractivity contribution in [2.24, 2.45) is 0 Å². The van der Waals surface area contributed by atoms with Crippen molar-refractivity contribution in [2.45, 2.75) is 38.5 Å². The van der Waals surface area contributed by atoms with Gasteiger partial charge in [0.15, 0.2) is 5.60 Å². The van der Waals surface area contributed by atoms with Gasteiger partial charge in [0.1, 0.15) is 17.2 Å². The largest absolute Gasteiger partial charge is 0.374 e. The highest BCUT2D eigenvalue weighted by molar-refractivity contribution is 5.99. The van der Waals surface area contributed by atoms with Gasteiger partial charge in [-0.1, -0.05) is 12.1 Å². The fourth-order valence-corrected chi connectivity index (χ4v) is 4.27. The lowest BCUT2D eigenvalue weighted by Crippen LogP contribution is -2.48. The lowest BCUT2D eigenvalue weighted by atomic mass is 9.97. The number of carbonyl (C=O) groups is 1. The van der Waals surface area contributed by atoms with Gasteiger partial charge in [-0.15, -0.1) is 0 Å². The zero-order chi connectivity index (χ0) is 25.1. The summed E-state index contributed by atoms with van der Waals surface area (Å²) in [6.07, 6.45) is 2.54. The number of hydrogen-bond acceptors (Lipinski definition) is 9. The van der Waals surface area contributed by atoms with E-state index < -0.39 is 5.60 Å². The van der Waals surface area contributed by atoms with Gasteiger partial charge in [0.2, 0.25) is 5.95 Å². The number of aromatic nitrogens is 3. The summed E-state index contributed by atoms with van der Waals surface area (Å²) in [6, 6.07) is 11.8. The normalized spacial score (nSPS) is 16.1. The second-order valence-electron chi connectivity index (χ2n) is 9.34. The summed E-state index contributed by atoms with van der Waals surface area (Å²) in [5.41, 5.74) is 4.00. The number of hydrogen-bond donors (Lipinski definition) is 4. The molecule has 188 valence electrons. The minimum absolute atomic E-state index is 0.0334. The fraction of sp³-hybridized carbons (Fsp3) is 0.385. The van der Waals surface area contributed by atoms with Crippen LogP contribution in [0.2, 0.25) is 0 Å². The van der Waals surface area contributed by atoms with E-state index in [0.717, 1.165) is 30.9 Å². The number of fused-ring (bicyclic) bond motifs is 1. The van der Waals surface area contributed by atoms with Gasteiger partial charge in [0.25, 0.3) is 5.91 Å². The summed E-state index contributed by atoms with van der Waals surface area (Å²) in [6.45, 7) is 6.53. The molecule has 5 rings (SSSR count). The molecule has 2 aliphatic heterocycles. The maximum atomic E-state index is 12.9.